The largest absolute Gasteiger partial charge is 0.357 e. The summed E-state index contributed by atoms with van der Waals surface area (Å²) in [6.07, 6.45) is 7.07. The predicted molar refractivity (Wildman–Crippen MR) is 79.2 cm³/mol. The van der Waals surface area contributed by atoms with Crippen LogP contribution in [0.25, 0.3) is 0 Å². The maximum absolute atomic E-state index is 11.1. The fourth-order valence-electron chi connectivity index (χ4n) is 2.29. The minimum Gasteiger partial charge on any atom is -0.357 e. The average Bonchev–Trinajstić information content (AvgIpc) is 3.31. The maximum atomic E-state index is 11.1. The molecule has 1 N–H and O–H groups in total. The van der Waals surface area contributed by atoms with Crippen molar-refractivity contribution in [1.29, 1.82) is 0 Å². The van der Waals surface area contributed by atoms with Crippen LogP contribution >= 0.6 is 11.6 Å². The third-order valence-electron chi connectivity index (χ3n) is 3.46. The van der Waals surface area contributed by atoms with Crippen molar-refractivity contribution in [2.45, 2.75) is 18.9 Å². The Morgan fingerprint density at radius 2 is 2.24 bits per heavy atom. The van der Waals surface area contributed by atoms with Crippen LogP contribution in [0.2, 0.25) is 5.02 Å². The van der Waals surface area contributed by atoms with Gasteiger partial charge in [-0.15, -0.1) is 0 Å². The Balaban J connectivity index is 1.92. The molecule has 108 valence electrons. The molecule has 1 unspecified atom stereocenters. The van der Waals surface area contributed by atoms with Crippen LogP contribution < -0.4 is 5.32 Å². The van der Waals surface area contributed by atoms with Crippen molar-refractivity contribution in [3.63, 3.8) is 0 Å². The van der Waals surface area contributed by atoms with Crippen molar-refractivity contribution in [2.75, 3.05) is 5.32 Å². The van der Waals surface area contributed by atoms with Crippen molar-refractivity contribution in [3.8, 4) is 0 Å². The van der Waals surface area contributed by atoms with Crippen LogP contribution in [0.4, 0.5) is 11.5 Å². The molecule has 1 saturated carbocycles. The van der Waals surface area contributed by atoms with E-state index >= 15 is 0 Å². The second-order valence-corrected chi connectivity index (χ2v) is 5.46. The molecule has 1 aliphatic carbocycles. The van der Waals surface area contributed by atoms with Gasteiger partial charge in [-0.1, -0.05) is 17.7 Å². The molecule has 1 fully saturated rings. The Bertz CT molecular complexity index is 661. The van der Waals surface area contributed by atoms with E-state index in [0.29, 0.717) is 5.92 Å². The summed E-state index contributed by atoms with van der Waals surface area (Å²) in [5.74, 6) is 0.691. The van der Waals surface area contributed by atoms with Crippen LogP contribution in [0.3, 0.4) is 0 Å². The summed E-state index contributed by atoms with van der Waals surface area (Å²) in [6.45, 7) is 0. The van der Waals surface area contributed by atoms with E-state index in [1.807, 2.05) is 12.1 Å². The lowest BCUT2D eigenvalue weighted by molar-refractivity contribution is -0.384. The second-order valence-electron chi connectivity index (χ2n) is 5.02. The zero-order chi connectivity index (χ0) is 14.8. The molecule has 0 aliphatic heterocycles. The molecule has 0 radical (unpaired) electrons. The van der Waals surface area contributed by atoms with Gasteiger partial charge in [0, 0.05) is 24.7 Å². The third kappa shape index (κ3) is 3.11. The molecule has 0 amide bonds. The molecular weight excluding hydrogens is 292 g/mol. The van der Waals surface area contributed by atoms with Crippen LogP contribution in [-0.2, 0) is 0 Å². The minimum absolute atomic E-state index is 0.0222. The van der Waals surface area contributed by atoms with E-state index in [1.165, 1.54) is 12.3 Å². The van der Waals surface area contributed by atoms with Crippen LogP contribution in [0, 0.1) is 16.0 Å². The van der Waals surface area contributed by atoms with Gasteiger partial charge >= 0.3 is 5.69 Å². The Labute approximate surface area is 126 Å². The monoisotopic (exact) mass is 304 g/mol. The van der Waals surface area contributed by atoms with Crippen LogP contribution in [0.5, 0.6) is 0 Å². The molecule has 6 nitrogen and oxygen atoms in total. The smallest absolute Gasteiger partial charge is 0.312 e. The molecule has 2 heterocycles. The summed E-state index contributed by atoms with van der Waals surface area (Å²) in [4.78, 5) is 18.8. The Kier molecular flexibility index (Phi) is 3.70. The maximum Gasteiger partial charge on any atom is 0.312 e. The van der Waals surface area contributed by atoms with Crippen LogP contribution in [0.15, 0.2) is 36.8 Å². The van der Waals surface area contributed by atoms with Gasteiger partial charge in [-0.3, -0.25) is 15.1 Å². The highest BCUT2D eigenvalue weighted by Crippen LogP contribution is 2.43. The number of hydrogen-bond acceptors (Lipinski definition) is 5. The van der Waals surface area contributed by atoms with Crippen molar-refractivity contribution in [2.24, 2.45) is 5.92 Å². The number of hydrogen-bond donors (Lipinski definition) is 1. The molecule has 2 aromatic heterocycles. The van der Waals surface area contributed by atoms with E-state index in [0.717, 1.165) is 18.4 Å². The topological polar surface area (TPSA) is 81.0 Å². The highest BCUT2D eigenvalue weighted by atomic mass is 35.5. The molecule has 0 saturated heterocycles. The van der Waals surface area contributed by atoms with E-state index in [9.17, 15) is 10.1 Å². The molecule has 3 rings (SSSR count). The first kappa shape index (κ1) is 13.8. The number of nitro groups is 1. The SMILES string of the molecule is O=[N+]([O-])c1cc(Cl)cnc1NC(c1cccnc1)C1CC1. The van der Waals surface area contributed by atoms with E-state index in [-0.39, 0.29) is 22.6 Å². The zero-order valence-electron chi connectivity index (χ0n) is 11.1. The molecule has 2 aromatic rings. The Morgan fingerprint density at radius 3 is 2.86 bits per heavy atom. The number of aromatic nitrogens is 2. The van der Waals surface area contributed by atoms with Gasteiger partial charge in [-0.2, -0.15) is 0 Å². The zero-order valence-corrected chi connectivity index (χ0v) is 11.8. The predicted octanol–water partition coefficient (Wildman–Crippen LogP) is 3.60. The van der Waals surface area contributed by atoms with E-state index in [4.69, 9.17) is 11.6 Å². The molecule has 0 bridgehead atoms. The first-order chi connectivity index (χ1) is 10.1. The lowest BCUT2D eigenvalue weighted by Gasteiger charge is -2.18. The molecular formula is C14H13ClN4O2. The summed E-state index contributed by atoms with van der Waals surface area (Å²) in [7, 11) is 0. The van der Waals surface area contributed by atoms with Gasteiger partial charge in [0.2, 0.25) is 5.82 Å². The molecule has 1 aliphatic rings. The van der Waals surface area contributed by atoms with Gasteiger partial charge in [0.1, 0.15) is 0 Å². The van der Waals surface area contributed by atoms with E-state index in [1.54, 1.807) is 12.4 Å². The van der Waals surface area contributed by atoms with Crippen molar-refractivity contribution in [3.05, 3.63) is 57.5 Å². The Hall–Kier alpha value is -2.21. The first-order valence-corrected chi connectivity index (χ1v) is 6.99. The van der Waals surface area contributed by atoms with Crippen molar-refractivity contribution >= 4 is 23.1 Å². The third-order valence-corrected chi connectivity index (χ3v) is 3.67. The molecule has 0 spiro atoms. The number of rotatable bonds is 5. The number of halogens is 1. The van der Waals surface area contributed by atoms with Gasteiger partial charge in [-0.25, -0.2) is 4.98 Å². The minimum atomic E-state index is -0.478. The van der Waals surface area contributed by atoms with Crippen LogP contribution in [-0.4, -0.2) is 14.9 Å². The number of nitrogens with one attached hydrogen (secondary N) is 1. The second kappa shape index (κ2) is 5.65. The van der Waals surface area contributed by atoms with Gasteiger partial charge in [-0.05, 0) is 30.4 Å². The summed E-state index contributed by atoms with van der Waals surface area (Å²) >= 11 is 5.78. The number of nitrogens with zero attached hydrogens (tertiary/aromatic N) is 3. The fourth-order valence-corrected chi connectivity index (χ4v) is 2.44. The summed E-state index contributed by atoms with van der Waals surface area (Å²) in [5, 5.41) is 14.6. The van der Waals surface area contributed by atoms with Crippen molar-refractivity contribution < 1.29 is 4.92 Å². The standard InChI is InChI=1S/C14H13ClN4O2/c15-11-6-12(19(20)21)14(17-8-11)18-13(9-3-4-9)10-2-1-5-16-7-10/h1-2,5-9,13H,3-4H2,(H,17,18). The first-order valence-electron chi connectivity index (χ1n) is 6.61. The van der Waals surface area contributed by atoms with Crippen LogP contribution in [0.1, 0.15) is 24.4 Å². The van der Waals surface area contributed by atoms with Crippen molar-refractivity contribution in [1.82, 2.24) is 9.97 Å². The van der Waals surface area contributed by atoms with E-state index < -0.39 is 4.92 Å². The summed E-state index contributed by atoms with van der Waals surface area (Å²) in [5.41, 5.74) is 0.892. The normalized spacial score (nSPS) is 15.5. The summed E-state index contributed by atoms with van der Waals surface area (Å²) < 4.78 is 0. The lowest BCUT2D eigenvalue weighted by Crippen LogP contribution is -2.15. The fraction of sp³-hybridized carbons (Fsp3) is 0.286. The quantitative estimate of drug-likeness (QED) is 0.674. The molecule has 7 heteroatoms. The number of anilines is 1. The molecule has 0 aromatic carbocycles. The van der Waals surface area contributed by atoms with Gasteiger partial charge in [0.15, 0.2) is 0 Å². The highest BCUT2D eigenvalue weighted by molar-refractivity contribution is 6.30. The average molecular weight is 305 g/mol. The van der Waals surface area contributed by atoms with Gasteiger partial charge in [0.25, 0.3) is 0 Å². The number of pyridine rings is 2. The highest BCUT2D eigenvalue weighted by Gasteiger charge is 2.34. The molecule has 21 heavy (non-hydrogen) atoms. The molecule has 1 atom stereocenters. The summed E-state index contributed by atoms with van der Waals surface area (Å²) in [6, 6.07) is 5.11. The van der Waals surface area contributed by atoms with E-state index in [2.05, 4.69) is 15.3 Å². The Morgan fingerprint density at radius 1 is 1.43 bits per heavy atom. The van der Waals surface area contributed by atoms with Gasteiger partial charge in [0.05, 0.1) is 16.0 Å². The van der Waals surface area contributed by atoms with Gasteiger partial charge < -0.3 is 5.32 Å². The lowest BCUT2D eigenvalue weighted by atomic mass is 10.0.